The van der Waals surface area contributed by atoms with Gasteiger partial charge in [0.05, 0.1) is 0 Å². The lowest BCUT2D eigenvalue weighted by Gasteiger charge is -2.26. The molecule has 49 heavy (non-hydrogen) atoms. The van der Waals surface area contributed by atoms with E-state index in [1.807, 2.05) is 23.5 Å². The number of benzene rings is 8. The lowest BCUT2D eigenvalue weighted by atomic mass is 9.98. The molecule has 0 fully saturated rings. The van der Waals surface area contributed by atoms with E-state index in [1.54, 1.807) is 0 Å². The third-order valence-electron chi connectivity index (χ3n) is 9.67. The number of hydrogen-bond donors (Lipinski definition) is 0. The van der Waals surface area contributed by atoms with Gasteiger partial charge in [-0.3, -0.25) is 0 Å². The van der Waals surface area contributed by atoms with Gasteiger partial charge < -0.3 is 9.32 Å². The van der Waals surface area contributed by atoms with E-state index in [-0.39, 0.29) is 0 Å². The molecule has 10 rings (SSSR count). The first-order chi connectivity index (χ1) is 24.3. The van der Waals surface area contributed by atoms with Gasteiger partial charge in [0.15, 0.2) is 0 Å². The Morgan fingerprint density at radius 3 is 1.86 bits per heavy atom. The summed E-state index contributed by atoms with van der Waals surface area (Å²) in [6, 6.07) is 63.2. The summed E-state index contributed by atoms with van der Waals surface area (Å²) in [6.45, 7) is 0. The fraction of sp³-hybridized carbons (Fsp3) is 0. The highest BCUT2D eigenvalue weighted by molar-refractivity contribution is 7.26. The first-order valence-electron chi connectivity index (χ1n) is 16.6. The number of nitrogens with zero attached hydrogens (tertiary/aromatic N) is 1. The van der Waals surface area contributed by atoms with Crippen LogP contribution >= 0.6 is 11.3 Å². The zero-order valence-corrected chi connectivity index (χ0v) is 27.3. The van der Waals surface area contributed by atoms with Crippen molar-refractivity contribution < 1.29 is 4.42 Å². The number of anilines is 3. The molecule has 0 radical (unpaired) electrons. The van der Waals surface area contributed by atoms with E-state index in [9.17, 15) is 0 Å². The van der Waals surface area contributed by atoms with Gasteiger partial charge in [0.1, 0.15) is 11.2 Å². The van der Waals surface area contributed by atoms with Gasteiger partial charge in [-0.1, -0.05) is 115 Å². The first-order valence-corrected chi connectivity index (χ1v) is 17.4. The molecule has 8 aromatic carbocycles. The van der Waals surface area contributed by atoms with Crippen molar-refractivity contribution in [2.24, 2.45) is 0 Å². The third-order valence-corrected chi connectivity index (χ3v) is 10.8. The van der Waals surface area contributed by atoms with Crippen molar-refractivity contribution in [1.82, 2.24) is 0 Å². The Morgan fingerprint density at radius 2 is 1.04 bits per heavy atom. The lowest BCUT2D eigenvalue weighted by molar-refractivity contribution is 0.669. The maximum Gasteiger partial charge on any atom is 0.136 e. The van der Waals surface area contributed by atoms with Crippen molar-refractivity contribution in [2.45, 2.75) is 0 Å². The van der Waals surface area contributed by atoms with Gasteiger partial charge in [-0.2, -0.15) is 0 Å². The summed E-state index contributed by atoms with van der Waals surface area (Å²) in [7, 11) is 0. The number of thiophene rings is 1. The zero-order chi connectivity index (χ0) is 32.3. The smallest absolute Gasteiger partial charge is 0.136 e. The standard InChI is InChI=1S/C46H29NOS/c1-2-9-30(10-3-1)31-17-22-34(23-18-31)47(36-26-27-38-33(29-36)21-28-44-46(38)40-12-5-7-16-43(40)49-44)35-24-19-32(20-25-35)37-13-8-15-42-45(37)39-11-4-6-14-41(39)48-42/h1-29H. The molecule has 0 saturated carbocycles. The maximum atomic E-state index is 6.21. The number of rotatable bonds is 5. The molecular formula is C46H29NOS. The molecule has 10 aromatic rings. The Labute approximate surface area is 287 Å². The van der Waals surface area contributed by atoms with Gasteiger partial charge in [-0.25, -0.2) is 0 Å². The predicted molar refractivity (Wildman–Crippen MR) is 210 cm³/mol. The first kappa shape index (κ1) is 27.9. The van der Waals surface area contributed by atoms with Gasteiger partial charge >= 0.3 is 0 Å². The molecule has 0 spiro atoms. The molecule has 2 nitrogen and oxygen atoms in total. The van der Waals surface area contributed by atoms with Crippen LogP contribution in [0.5, 0.6) is 0 Å². The highest BCUT2D eigenvalue weighted by Gasteiger charge is 2.17. The van der Waals surface area contributed by atoms with Crippen LogP contribution in [-0.2, 0) is 0 Å². The Morgan fingerprint density at radius 1 is 0.388 bits per heavy atom. The fourth-order valence-corrected chi connectivity index (χ4v) is 8.49. The van der Waals surface area contributed by atoms with E-state index in [4.69, 9.17) is 4.42 Å². The fourth-order valence-electron chi connectivity index (χ4n) is 7.37. The van der Waals surface area contributed by atoms with E-state index < -0.39 is 0 Å². The molecule has 3 heteroatoms. The second-order valence-electron chi connectivity index (χ2n) is 12.5. The average molecular weight is 644 g/mol. The van der Waals surface area contributed by atoms with Crippen LogP contribution < -0.4 is 4.90 Å². The number of furan rings is 1. The van der Waals surface area contributed by atoms with Gasteiger partial charge in [0.25, 0.3) is 0 Å². The second kappa shape index (κ2) is 11.2. The van der Waals surface area contributed by atoms with Crippen molar-refractivity contribution >= 4 is 81.3 Å². The van der Waals surface area contributed by atoms with Crippen LogP contribution in [0.3, 0.4) is 0 Å². The Balaban J connectivity index is 1.11. The molecule has 0 atom stereocenters. The molecule has 230 valence electrons. The van der Waals surface area contributed by atoms with Gasteiger partial charge in [0, 0.05) is 48.0 Å². The van der Waals surface area contributed by atoms with E-state index in [0.717, 1.165) is 44.6 Å². The molecule has 2 aromatic heterocycles. The van der Waals surface area contributed by atoms with Crippen molar-refractivity contribution in [3.8, 4) is 22.3 Å². The van der Waals surface area contributed by atoms with Gasteiger partial charge in [-0.05, 0) is 93.7 Å². The molecule has 0 aliphatic rings. The number of para-hydroxylation sites is 1. The van der Waals surface area contributed by atoms with E-state index in [2.05, 4.69) is 169 Å². The van der Waals surface area contributed by atoms with Crippen LogP contribution in [0.2, 0.25) is 0 Å². The van der Waals surface area contributed by atoms with Crippen molar-refractivity contribution in [3.63, 3.8) is 0 Å². The maximum absolute atomic E-state index is 6.21. The van der Waals surface area contributed by atoms with Crippen molar-refractivity contribution in [3.05, 3.63) is 176 Å². The van der Waals surface area contributed by atoms with Crippen LogP contribution in [0.1, 0.15) is 0 Å². The summed E-state index contributed by atoms with van der Waals surface area (Å²) >= 11 is 1.87. The second-order valence-corrected chi connectivity index (χ2v) is 13.6. The minimum atomic E-state index is 0.909. The summed E-state index contributed by atoms with van der Waals surface area (Å²) < 4.78 is 8.86. The summed E-state index contributed by atoms with van der Waals surface area (Å²) in [6.07, 6.45) is 0. The van der Waals surface area contributed by atoms with Crippen LogP contribution in [0.4, 0.5) is 17.1 Å². The minimum absolute atomic E-state index is 0.909. The lowest BCUT2D eigenvalue weighted by Crippen LogP contribution is -2.09. The third kappa shape index (κ3) is 4.62. The van der Waals surface area contributed by atoms with Crippen LogP contribution in [0, 0.1) is 0 Å². The van der Waals surface area contributed by atoms with Crippen molar-refractivity contribution in [2.75, 3.05) is 4.90 Å². The topological polar surface area (TPSA) is 16.4 Å². The summed E-state index contributed by atoms with van der Waals surface area (Å²) in [5.74, 6) is 0. The molecule has 0 amide bonds. The SMILES string of the molecule is c1ccc(-c2ccc(N(c3ccc(-c4cccc5oc6ccccc6c45)cc3)c3ccc4c(ccc5sc6ccccc6c54)c3)cc2)cc1. The average Bonchev–Trinajstić information content (AvgIpc) is 3.75. The zero-order valence-electron chi connectivity index (χ0n) is 26.5. The summed E-state index contributed by atoms with van der Waals surface area (Å²) in [4.78, 5) is 2.36. The largest absolute Gasteiger partial charge is 0.456 e. The molecule has 0 N–H and O–H groups in total. The van der Waals surface area contributed by atoms with Gasteiger partial charge in [-0.15, -0.1) is 11.3 Å². The monoisotopic (exact) mass is 643 g/mol. The van der Waals surface area contributed by atoms with Gasteiger partial charge in [0.2, 0.25) is 0 Å². The quantitative estimate of drug-likeness (QED) is 0.186. The summed E-state index contributed by atoms with van der Waals surface area (Å²) in [5, 5.41) is 7.48. The number of fused-ring (bicyclic) bond motifs is 8. The van der Waals surface area contributed by atoms with Crippen LogP contribution in [-0.4, -0.2) is 0 Å². The van der Waals surface area contributed by atoms with Crippen LogP contribution in [0.15, 0.2) is 180 Å². The molecule has 0 unspecified atom stereocenters. The molecule has 0 aliphatic carbocycles. The Kier molecular flexibility index (Phi) is 6.39. The van der Waals surface area contributed by atoms with E-state index in [0.29, 0.717) is 0 Å². The molecule has 0 aliphatic heterocycles. The van der Waals surface area contributed by atoms with Crippen LogP contribution in [0.25, 0.3) is 75.1 Å². The van der Waals surface area contributed by atoms with E-state index >= 15 is 0 Å². The predicted octanol–water partition coefficient (Wildman–Crippen LogP) is 13.9. The molecular weight excluding hydrogens is 615 g/mol. The van der Waals surface area contributed by atoms with E-state index in [1.165, 1.54) is 47.6 Å². The minimum Gasteiger partial charge on any atom is -0.456 e. The highest BCUT2D eigenvalue weighted by Crippen LogP contribution is 2.43. The summed E-state index contributed by atoms with van der Waals surface area (Å²) in [5.41, 5.74) is 9.89. The molecule has 2 heterocycles. The molecule has 0 bridgehead atoms. The highest BCUT2D eigenvalue weighted by atomic mass is 32.1. The number of hydrogen-bond acceptors (Lipinski definition) is 3. The Bertz CT molecular complexity index is 2810. The normalized spacial score (nSPS) is 11.7. The molecule has 0 saturated heterocycles. The Hall–Kier alpha value is -6.16. The van der Waals surface area contributed by atoms with Crippen molar-refractivity contribution in [1.29, 1.82) is 0 Å².